The highest BCUT2D eigenvalue weighted by Gasteiger charge is 2.52. The Kier molecular flexibility index (Phi) is 8.84. The summed E-state index contributed by atoms with van der Waals surface area (Å²) in [7, 11) is 1.17. The number of carbonyl (C=O) groups is 4. The number of carbonyl (C=O) groups excluding carboxylic acids is 4. The van der Waals surface area contributed by atoms with Gasteiger partial charge in [0.25, 0.3) is 0 Å². The molecule has 0 N–H and O–H groups in total. The maximum absolute atomic E-state index is 12.5. The summed E-state index contributed by atoms with van der Waals surface area (Å²) in [6.07, 6.45) is -2.10. The molecule has 0 saturated carbocycles. The van der Waals surface area contributed by atoms with Crippen LogP contribution in [0, 0.1) is 5.92 Å². The summed E-state index contributed by atoms with van der Waals surface area (Å²) in [5.74, 6) is -2.68. The topological polar surface area (TPSA) is 108 Å². The van der Waals surface area contributed by atoms with Crippen molar-refractivity contribution in [3.8, 4) is 0 Å². The first-order chi connectivity index (χ1) is 12.9. The Balaban J connectivity index is 2.76. The predicted octanol–water partition coefficient (Wildman–Crippen LogP) is 2.71. The van der Waals surface area contributed by atoms with Gasteiger partial charge >= 0.3 is 18.1 Å². The van der Waals surface area contributed by atoms with Crippen LogP contribution in [0.3, 0.4) is 0 Å². The summed E-state index contributed by atoms with van der Waals surface area (Å²) in [5.41, 5.74) is 0.486. The number of rotatable bonds is 7. The molecule has 1 saturated heterocycles. The fourth-order valence-electron chi connectivity index (χ4n) is 2.42. The van der Waals surface area contributed by atoms with Gasteiger partial charge in [-0.25, -0.2) is 9.59 Å². The first kappa shape index (κ1) is 24.3. The summed E-state index contributed by atoms with van der Waals surface area (Å²) in [4.78, 5) is 48.4. The summed E-state index contributed by atoms with van der Waals surface area (Å²) in [5, 5.41) is 0. The van der Waals surface area contributed by atoms with Crippen LogP contribution >= 0.6 is 34.8 Å². The molecule has 0 aliphatic carbocycles. The molecule has 1 amide bonds. The van der Waals surface area contributed by atoms with Gasteiger partial charge in [0.15, 0.2) is 6.23 Å². The van der Waals surface area contributed by atoms with Gasteiger partial charge in [-0.05, 0) is 25.8 Å². The molecule has 1 fully saturated rings. The van der Waals surface area contributed by atoms with Crippen molar-refractivity contribution in [1.82, 2.24) is 4.90 Å². The molecule has 0 unspecified atom stereocenters. The minimum absolute atomic E-state index is 0.0157. The molecule has 12 heteroatoms. The fraction of sp³-hybridized carbons (Fsp3) is 0.625. The molecule has 9 nitrogen and oxygen atoms in total. The lowest BCUT2D eigenvalue weighted by Crippen LogP contribution is -2.63. The highest BCUT2D eigenvalue weighted by Crippen LogP contribution is 2.35. The first-order valence-electron chi connectivity index (χ1n) is 8.01. The number of esters is 2. The van der Waals surface area contributed by atoms with Crippen molar-refractivity contribution in [2.75, 3.05) is 20.3 Å². The molecular formula is C16H20Cl3NO8. The lowest BCUT2D eigenvalue weighted by molar-refractivity contribution is -0.195. The van der Waals surface area contributed by atoms with Gasteiger partial charge in [0.1, 0.15) is 12.3 Å². The van der Waals surface area contributed by atoms with Gasteiger partial charge < -0.3 is 18.9 Å². The Morgan fingerprint density at radius 2 is 1.71 bits per heavy atom. The number of ether oxygens (including phenoxy) is 4. The molecule has 1 aliphatic rings. The maximum atomic E-state index is 12.5. The van der Waals surface area contributed by atoms with Crippen molar-refractivity contribution in [2.24, 2.45) is 5.92 Å². The van der Waals surface area contributed by atoms with Gasteiger partial charge in [0, 0.05) is 6.92 Å². The van der Waals surface area contributed by atoms with Gasteiger partial charge in [-0.2, -0.15) is 0 Å². The van der Waals surface area contributed by atoms with E-state index in [0.29, 0.717) is 5.57 Å². The number of methoxy groups -OCH3 is 1. The standard InChI is InChI=1S/C16H20Cl3NO8/c1-8(2)11(14(23)25-4)20-12(22)10(13(20)28-9(3)21)5-6-26-15(24)27-7-16(17,18)19/h10,13H,5-7H2,1-4H3/t10-,13-/m1/s1. The van der Waals surface area contributed by atoms with E-state index in [1.807, 2.05) is 0 Å². The quantitative estimate of drug-likeness (QED) is 0.188. The molecule has 0 aromatic rings. The zero-order valence-electron chi connectivity index (χ0n) is 15.6. The van der Waals surface area contributed by atoms with Gasteiger partial charge in [0.2, 0.25) is 9.70 Å². The average Bonchev–Trinajstić information content (AvgIpc) is 2.58. The van der Waals surface area contributed by atoms with Gasteiger partial charge in [-0.15, -0.1) is 0 Å². The van der Waals surface area contributed by atoms with Crippen LogP contribution in [0.4, 0.5) is 4.79 Å². The minimum Gasteiger partial charge on any atom is -0.464 e. The van der Waals surface area contributed by atoms with Crippen LogP contribution in [0.1, 0.15) is 27.2 Å². The number of nitrogens with zero attached hydrogens (tertiary/aromatic N) is 1. The zero-order chi connectivity index (χ0) is 21.6. The highest BCUT2D eigenvalue weighted by atomic mass is 35.6. The van der Waals surface area contributed by atoms with Crippen molar-refractivity contribution >= 4 is 58.8 Å². The normalized spacial score (nSPS) is 18.7. The van der Waals surface area contributed by atoms with E-state index < -0.39 is 46.5 Å². The summed E-state index contributed by atoms with van der Waals surface area (Å²) in [6, 6.07) is 0. The van der Waals surface area contributed by atoms with Crippen LogP contribution in [-0.4, -0.2) is 59.2 Å². The van der Waals surface area contributed by atoms with Crippen molar-refractivity contribution in [3.63, 3.8) is 0 Å². The Morgan fingerprint density at radius 3 is 2.18 bits per heavy atom. The second-order valence-corrected chi connectivity index (χ2v) is 8.46. The third-order valence-electron chi connectivity index (χ3n) is 3.54. The van der Waals surface area contributed by atoms with Crippen molar-refractivity contribution in [2.45, 2.75) is 37.2 Å². The van der Waals surface area contributed by atoms with Crippen LogP contribution in [0.2, 0.25) is 0 Å². The predicted molar refractivity (Wildman–Crippen MR) is 98.5 cm³/mol. The Labute approximate surface area is 176 Å². The van der Waals surface area contributed by atoms with Gasteiger partial charge in [-0.3, -0.25) is 14.5 Å². The van der Waals surface area contributed by atoms with Crippen LogP contribution in [0.25, 0.3) is 0 Å². The molecule has 0 bridgehead atoms. The summed E-state index contributed by atoms with van der Waals surface area (Å²) < 4.78 is 17.5. The van der Waals surface area contributed by atoms with Crippen molar-refractivity contribution < 1.29 is 38.1 Å². The number of likely N-dealkylation sites (tertiary alicyclic amines) is 1. The monoisotopic (exact) mass is 459 g/mol. The molecule has 0 aromatic heterocycles. The Bertz CT molecular complexity index is 669. The van der Waals surface area contributed by atoms with Crippen molar-refractivity contribution in [3.05, 3.63) is 11.3 Å². The lowest BCUT2D eigenvalue weighted by atomic mass is 9.90. The summed E-state index contributed by atoms with van der Waals surface area (Å²) in [6.45, 7) is 3.67. The average molecular weight is 461 g/mol. The number of hydrogen-bond donors (Lipinski definition) is 0. The molecule has 0 aromatic carbocycles. The van der Waals surface area contributed by atoms with Gasteiger partial charge in [0.05, 0.1) is 19.6 Å². The van der Waals surface area contributed by atoms with E-state index in [1.54, 1.807) is 13.8 Å². The molecule has 1 aliphatic heterocycles. The Hall–Kier alpha value is -1.71. The Morgan fingerprint density at radius 1 is 1.11 bits per heavy atom. The lowest BCUT2D eigenvalue weighted by Gasteiger charge is -2.46. The van der Waals surface area contributed by atoms with E-state index in [1.165, 1.54) is 14.0 Å². The second kappa shape index (κ2) is 10.2. The second-order valence-electron chi connectivity index (χ2n) is 5.95. The van der Waals surface area contributed by atoms with E-state index in [0.717, 1.165) is 4.90 Å². The van der Waals surface area contributed by atoms with Gasteiger partial charge in [-0.1, -0.05) is 34.8 Å². The van der Waals surface area contributed by atoms with E-state index in [9.17, 15) is 19.2 Å². The van der Waals surface area contributed by atoms with Crippen LogP contribution in [0.15, 0.2) is 11.3 Å². The molecule has 0 radical (unpaired) electrons. The number of allylic oxidation sites excluding steroid dienone is 1. The largest absolute Gasteiger partial charge is 0.508 e. The van der Waals surface area contributed by atoms with E-state index in [4.69, 9.17) is 44.3 Å². The van der Waals surface area contributed by atoms with E-state index in [-0.39, 0.29) is 18.7 Å². The molecule has 0 spiro atoms. The van der Waals surface area contributed by atoms with Crippen LogP contribution in [0.5, 0.6) is 0 Å². The number of halogens is 3. The van der Waals surface area contributed by atoms with E-state index in [2.05, 4.69) is 9.47 Å². The van der Waals surface area contributed by atoms with Crippen LogP contribution in [-0.2, 0) is 33.3 Å². The smallest absolute Gasteiger partial charge is 0.464 e. The highest BCUT2D eigenvalue weighted by molar-refractivity contribution is 6.67. The van der Waals surface area contributed by atoms with Crippen LogP contribution < -0.4 is 0 Å². The molecule has 1 rings (SSSR count). The maximum Gasteiger partial charge on any atom is 0.508 e. The minimum atomic E-state index is -1.78. The third-order valence-corrected chi connectivity index (χ3v) is 3.86. The molecule has 158 valence electrons. The SMILES string of the molecule is COC(=O)C(=C(C)C)N1C(=O)[C@@H](CCOC(=O)OCC(Cl)(Cl)Cl)[C@H]1OC(C)=O. The van der Waals surface area contributed by atoms with Crippen molar-refractivity contribution in [1.29, 1.82) is 0 Å². The first-order valence-corrected chi connectivity index (χ1v) is 9.14. The third kappa shape index (κ3) is 6.72. The summed E-state index contributed by atoms with van der Waals surface area (Å²) >= 11 is 16.3. The molecule has 2 atom stereocenters. The van der Waals surface area contributed by atoms with E-state index >= 15 is 0 Å². The molecule has 1 heterocycles. The number of hydrogen-bond acceptors (Lipinski definition) is 8. The zero-order valence-corrected chi connectivity index (χ0v) is 17.9. The molecular weight excluding hydrogens is 441 g/mol. The fourth-order valence-corrected chi connectivity index (χ4v) is 2.59. The number of β-lactam (4-membered cyclic amide) rings is 1. The number of alkyl halides is 3. The number of amides is 1. The molecule has 28 heavy (non-hydrogen) atoms.